The average molecular weight is 202 g/mol. The average Bonchev–Trinajstić information content (AvgIpc) is 1.98. The first-order valence-corrected chi connectivity index (χ1v) is 7.87. The van der Waals surface area contributed by atoms with Gasteiger partial charge < -0.3 is 4.43 Å². The molecule has 0 amide bonds. The summed E-state index contributed by atoms with van der Waals surface area (Å²) in [6, 6.07) is 2.47. The highest BCUT2D eigenvalue weighted by Crippen LogP contribution is 2.33. The van der Waals surface area contributed by atoms with Crippen molar-refractivity contribution in [3.8, 4) is 0 Å². The van der Waals surface area contributed by atoms with Crippen molar-refractivity contribution < 1.29 is 4.43 Å². The van der Waals surface area contributed by atoms with Gasteiger partial charge in [0.25, 0.3) is 0 Å². The summed E-state index contributed by atoms with van der Waals surface area (Å²) in [6.45, 7) is 15.7. The maximum absolute atomic E-state index is 6.32. The van der Waals surface area contributed by atoms with Gasteiger partial charge in [-0.05, 0) is 38.4 Å². The molecule has 0 aromatic carbocycles. The highest BCUT2D eigenvalue weighted by Gasteiger charge is 2.38. The van der Waals surface area contributed by atoms with Crippen LogP contribution in [0.25, 0.3) is 0 Å². The molecule has 0 atom stereocenters. The number of rotatable bonds is 4. The van der Waals surface area contributed by atoms with Crippen LogP contribution in [-0.4, -0.2) is 13.9 Å². The van der Waals surface area contributed by atoms with Crippen molar-refractivity contribution in [3.63, 3.8) is 0 Å². The maximum atomic E-state index is 6.32. The lowest BCUT2D eigenvalue weighted by atomic mass is 10.2. The standard InChI is InChI=1S/C11H26OSi/c1-8-13(9-2,10(3)4)12-11(5,6)7/h10H,8-9H2,1-7H3. The molecule has 0 aliphatic carbocycles. The second-order valence-corrected chi connectivity index (χ2v) is 10.0. The van der Waals surface area contributed by atoms with Crippen molar-refractivity contribution in [2.45, 2.75) is 71.7 Å². The summed E-state index contributed by atoms with van der Waals surface area (Å²) in [6.07, 6.45) is 0. The fourth-order valence-electron chi connectivity index (χ4n) is 1.94. The molecule has 0 heterocycles. The molecule has 0 rings (SSSR count). The van der Waals surface area contributed by atoms with E-state index in [1.54, 1.807) is 0 Å². The summed E-state index contributed by atoms with van der Waals surface area (Å²) in [5, 5.41) is 0. The molecule has 0 N–H and O–H groups in total. The lowest BCUT2D eigenvalue weighted by molar-refractivity contribution is 0.113. The summed E-state index contributed by atoms with van der Waals surface area (Å²) in [5.41, 5.74) is 0.754. The van der Waals surface area contributed by atoms with Gasteiger partial charge in [0.15, 0.2) is 8.32 Å². The van der Waals surface area contributed by atoms with Crippen LogP contribution in [-0.2, 0) is 4.43 Å². The summed E-state index contributed by atoms with van der Waals surface area (Å²) >= 11 is 0. The van der Waals surface area contributed by atoms with Crippen LogP contribution in [0, 0.1) is 0 Å². The van der Waals surface area contributed by atoms with Crippen LogP contribution in [0.5, 0.6) is 0 Å². The zero-order chi connectivity index (χ0) is 10.7. The fourth-order valence-corrected chi connectivity index (χ4v) is 5.82. The molecule has 0 saturated carbocycles. The van der Waals surface area contributed by atoms with Gasteiger partial charge in [0.1, 0.15) is 0 Å². The van der Waals surface area contributed by atoms with Gasteiger partial charge in [-0.25, -0.2) is 0 Å². The van der Waals surface area contributed by atoms with Crippen molar-refractivity contribution >= 4 is 8.32 Å². The van der Waals surface area contributed by atoms with Gasteiger partial charge in [-0.1, -0.05) is 27.7 Å². The van der Waals surface area contributed by atoms with Crippen LogP contribution in [0.2, 0.25) is 17.6 Å². The highest BCUT2D eigenvalue weighted by molar-refractivity contribution is 6.75. The van der Waals surface area contributed by atoms with Crippen LogP contribution in [0.4, 0.5) is 0 Å². The van der Waals surface area contributed by atoms with E-state index in [0.29, 0.717) is 0 Å². The van der Waals surface area contributed by atoms with Gasteiger partial charge in [0, 0.05) is 5.60 Å². The van der Waals surface area contributed by atoms with Gasteiger partial charge in [-0.15, -0.1) is 0 Å². The van der Waals surface area contributed by atoms with Crippen molar-refractivity contribution in [3.05, 3.63) is 0 Å². The largest absolute Gasteiger partial charge is 0.412 e. The second-order valence-electron chi connectivity index (χ2n) is 5.14. The number of hydrogen-bond acceptors (Lipinski definition) is 1. The number of hydrogen-bond donors (Lipinski definition) is 0. The quantitative estimate of drug-likeness (QED) is 0.621. The lowest BCUT2D eigenvalue weighted by Gasteiger charge is -2.39. The van der Waals surface area contributed by atoms with Gasteiger partial charge in [0.05, 0.1) is 0 Å². The van der Waals surface area contributed by atoms with Crippen molar-refractivity contribution in [2.24, 2.45) is 0 Å². The van der Waals surface area contributed by atoms with Crippen LogP contribution in [0.15, 0.2) is 0 Å². The highest BCUT2D eigenvalue weighted by atomic mass is 28.4. The third kappa shape index (κ3) is 3.82. The van der Waals surface area contributed by atoms with Crippen molar-refractivity contribution in [1.82, 2.24) is 0 Å². The molecule has 0 aliphatic heterocycles. The Morgan fingerprint density at radius 1 is 1.08 bits per heavy atom. The summed E-state index contributed by atoms with van der Waals surface area (Å²) in [7, 11) is -1.46. The minimum Gasteiger partial charge on any atom is -0.412 e. The maximum Gasteiger partial charge on any atom is 0.195 e. The molecule has 0 unspecified atom stereocenters. The molecule has 0 saturated heterocycles. The first-order valence-electron chi connectivity index (χ1n) is 5.47. The van der Waals surface area contributed by atoms with E-state index in [-0.39, 0.29) is 5.60 Å². The molecule has 1 nitrogen and oxygen atoms in total. The van der Waals surface area contributed by atoms with Crippen LogP contribution < -0.4 is 0 Å². The van der Waals surface area contributed by atoms with E-state index in [9.17, 15) is 0 Å². The van der Waals surface area contributed by atoms with E-state index in [0.717, 1.165) is 5.54 Å². The Balaban J connectivity index is 4.58. The minimum atomic E-state index is -1.46. The molecule has 0 spiro atoms. The molecule has 0 bridgehead atoms. The predicted octanol–water partition coefficient (Wildman–Crippen LogP) is 4.20. The molecule has 0 fully saturated rings. The van der Waals surface area contributed by atoms with Gasteiger partial charge in [-0.3, -0.25) is 0 Å². The third-order valence-electron chi connectivity index (χ3n) is 2.76. The predicted molar refractivity (Wildman–Crippen MR) is 62.7 cm³/mol. The van der Waals surface area contributed by atoms with E-state index >= 15 is 0 Å². The van der Waals surface area contributed by atoms with Gasteiger partial charge in [0.2, 0.25) is 0 Å². The zero-order valence-electron chi connectivity index (χ0n) is 10.4. The van der Waals surface area contributed by atoms with Crippen LogP contribution in [0.1, 0.15) is 48.5 Å². The molecular weight excluding hydrogens is 176 g/mol. The van der Waals surface area contributed by atoms with E-state index in [2.05, 4.69) is 48.5 Å². The molecule has 0 aliphatic rings. The smallest absolute Gasteiger partial charge is 0.195 e. The Labute approximate surface area is 85.0 Å². The zero-order valence-corrected chi connectivity index (χ0v) is 11.4. The van der Waals surface area contributed by atoms with E-state index < -0.39 is 8.32 Å². The molecule has 13 heavy (non-hydrogen) atoms. The molecule has 80 valence electrons. The normalized spacial score (nSPS) is 13.8. The van der Waals surface area contributed by atoms with Crippen LogP contribution >= 0.6 is 0 Å². The van der Waals surface area contributed by atoms with Crippen LogP contribution in [0.3, 0.4) is 0 Å². The Bertz CT molecular complexity index is 143. The van der Waals surface area contributed by atoms with Crippen molar-refractivity contribution in [1.29, 1.82) is 0 Å². The lowest BCUT2D eigenvalue weighted by Crippen LogP contribution is -2.46. The van der Waals surface area contributed by atoms with E-state index in [1.807, 2.05) is 0 Å². The molecule has 2 heteroatoms. The summed E-state index contributed by atoms with van der Waals surface area (Å²) < 4.78 is 6.32. The Morgan fingerprint density at radius 2 is 1.46 bits per heavy atom. The molecular formula is C11H26OSi. The van der Waals surface area contributed by atoms with Gasteiger partial charge >= 0.3 is 0 Å². The third-order valence-corrected chi connectivity index (χ3v) is 8.28. The Hall–Kier alpha value is 0.177. The monoisotopic (exact) mass is 202 g/mol. The van der Waals surface area contributed by atoms with E-state index in [1.165, 1.54) is 12.1 Å². The topological polar surface area (TPSA) is 9.23 Å². The Kier molecular flexibility index (Phi) is 4.67. The first-order chi connectivity index (χ1) is 5.77. The summed E-state index contributed by atoms with van der Waals surface area (Å²) in [5.74, 6) is 0. The SMILES string of the molecule is CC[Si](CC)(OC(C)(C)C)C(C)C. The minimum absolute atomic E-state index is 0.0303. The van der Waals surface area contributed by atoms with E-state index in [4.69, 9.17) is 4.43 Å². The first kappa shape index (κ1) is 13.2. The molecule has 0 aromatic heterocycles. The van der Waals surface area contributed by atoms with Crippen molar-refractivity contribution in [2.75, 3.05) is 0 Å². The summed E-state index contributed by atoms with van der Waals surface area (Å²) in [4.78, 5) is 0. The molecule has 0 aromatic rings. The van der Waals surface area contributed by atoms with Gasteiger partial charge in [-0.2, -0.15) is 0 Å². The fraction of sp³-hybridized carbons (Fsp3) is 1.00. The Morgan fingerprint density at radius 3 is 1.54 bits per heavy atom. The second kappa shape index (κ2) is 4.60. The molecule has 0 radical (unpaired) electrons.